The van der Waals surface area contributed by atoms with Crippen LogP contribution in [0.3, 0.4) is 0 Å². The summed E-state index contributed by atoms with van der Waals surface area (Å²) in [4.78, 5) is 31.3. The lowest BCUT2D eigenvalue weighted by molar-refractivity contribution is -0.136. The van der Waals surface area contributed by atoms with Crippen molar-refractivity contribution in [2.45, 2.75) is 6.42 Å². The Hall–Kier alpha value is -2.38. The number of carbonyl (C=O) groups is 2. The van der Waals surface area contributed by atoms with Gasteiger partial charge in [-0.25, -0.2) is 14.8 Å². The molecule has 0 bridgehead atoms. The second kappa shape index (κ2) is 6.38. The van der Waals surface area contributed by atoms with Gasteiger partial charge in [0, 0.05) is 26.7 Å². The van der Waals surface area contributed by atoms with Crippen LogP contribution in [-0.2, 0) is 4.79 Å². The summed E-state index contributed by atoms with van der Waals surface area (Å²) in [5.41, 5.74) is 0. The number of carboxylic acid groups (broad SMARTS) is 1. The largest absolute Gasteiger partial charge is 0.481 e. The average Bonchev–Trinajstić information content (AvgIpc) is 2.28. The van der Waals surface area contributed by atoms with Crippen molar-refractivity contribution in [3.05, 3.63) is 12.4 Å². The second-order valence-corrected chi connectivity index (χ2v) is 3.68. The predicted octanol–water partition coefficient (Wildman–Crippen LogP) is 0.139. The number of anilines is 2. The average molecular weight is 253 g/mol. The van der Waals surface area contributed by atoms with E-state index in [4.69, 9.17) is 5.11 Å². The maximum atomic E-state index is 11.4. The third kappa shape index (κ3) is 4.64. The highest BCUT2D eigenvalue weighted by atomic mass is 16.4. The minimum absolute atomic E-state index is 0.0623. The van der Waals surface area contributed by atoms with Gasteiger partial charge in [0.15, 0.2) is 0 Å². The molecule has 98 valence electrons. The van der Waals surface area contributed by atoms with Crippen molar-refractivity contribution in [3.63, 3.8) is 0 Å². The van der Waals surface area contributed by atoms with E-state index < -0.39 is 12.0 Å². The van der Waals surface area contributed by atoms with Crippen LogP contribution in [0.4, 0.5) is 16.4 Å². The van der Waals surface area contributed by atoms with Crippen molar-refractivity contribution in [2.75, 3.05) is 30.9 Å². The van der Waals surface area contributed by atoms with Crippen LogP contribution in [0.5, 0.6) is 0 Å². The van der Waals surface area contributed by atoms with Crippen molar-refractivity contribution in [2.24, 2.45) is 0 Å². The van der Waals surface area contributed by atoms with Crippen molar-refractivity contribution in [3.8, 4) is 0 Å². The van der Waals surface area contributed by atoms with Crippen LogP contribution in [0.1, 0.15) is 6.42 Å². The standard InChI is InChI=1S/C10H15N5O3/c1-15(2)8-5-7(12-6-13-8)14-10(18)11-4-3-9(16)17/h5-6H,3-4H2,1-2H3,(H,16,17)(H2,11,12,13,14,18). The summed E-state index contributed by atoms with van der Waals surface area (Å²) in [5.74, 6) is 0.0413. The zero-order valence-corrected chi connectivity index (χ0v) is 10.2. The van der Waals surface area contributed by atoms with E-state index in [-0.39, 0.29) is 13.0 Å². The van der Waals surface area contributed by atoms with Gasteiger partial charge in [-0.05, 0) is 0 Å². The lowest BCUT2D eigenvalue weighted by Crippen LogP contribution is -2.31. The van der Waals surface area contributed by atoms with Gasteiger partial charge in [-0.3, -0.25) is 10.1 Å². The first-order chi connectivity index (χ1) is 8.49. The maximum absolute atomic E-state index is 11.4. The Morgan fingerprint density at radius 2 is 2.11 bits per heavy atom. The van der Waals surface area contributed by atoms with Gasteiger partial charge >= 0.3 is 12.0 Å². The highest BCUT2D eigenvalue weighted by Crippen LogP contribution is 2.10. The van der Waals surface area contributed by atoms with Crippen LogP contribution in [-0.4, -0.2) is 47.7 Å². The number of aliphatic carboxylic acids is 1. The van der Waals surface area contributed by atoms with Gasteiger partial charge in [0.25, 0.3) is 0 Å². The molecule has 0 spiro atoms. The smallest absolute Gasteiger partial charge is 0.320 e. The number of hydrogen-bond acceptors (Lipinski definition) is 5. The maximum Gasteiger partial charge on any atom is 0.320 e. The number of aromatic nitrogens is 2. The normalized spacial score (nSPS) is 9.67. The van der Waals surface area contributed by atoms with E-state index in [1.807, 2.05) is 14.1 Å². The molecule has 1 rings (SSSR count). The molecule has 2 amide bonds. The first kappa shape index (κ1) is 13.7. The summed E-state index contributed by atoms with van der Waals surface area (Å²) in [7, 11) is 3.64. The molecule has 0 atom stereocenters. The second-order valence-electron chi connectivity index (χ2n) is 3.68. The highest BCUT2D eigenvalue weighted by molar-refractivity contribution is 5.88. The molecule has 0 radical (unpaired) electrons. The summed E-state index contributed by atoms with van der Waals surface area (Å²) < 4.78 is 0. The first-order valence-corrected chi connectivity index (χ1v) is 5.25. The monoisotopic (exact) mass is 253 g/mol. The number of nitrogens with zero attached hydrogens (tertiary/aromatic N) is 3. The number of rotatable bonds is 5. The van der Waals surface area contributed by atoms with Gasteiger partial charge in [0.1, 0.15) is 18.0 Å². The van der Waals surface area contributed by atoms with Crippen molar-refractivity contribution in [1.29, 1.82) is 0 Å². The molecule has 0 saturated heterocycles. The molecule has 8 nitrogen and oxygen atoms in total. The Balaban J connectivity index is 2.49. The third-order valence-corrected chi connectivity index (χ3v) is 1.98. The van der Waals surface area contributed by atoms with Crippen LogP contribution in [0.15, 0.2) is 12.4 Å². The Bertz CT molecular complexity index is 435. The quantitative estimate of drug-likeness (QED) is 0.689. The van der Waals surface area contributed by atoms with Crippen molar-refractivity contribution >= 4 is 23.6 Å². The molecular formula is C10H15N5O3. The zero-order valence-electron chi connectivity index (χ0n) is 10.2. The van der Waals surface area contributed by atoms with E-state index in [9.17, 15) is 9.59 Å². The van der Waals surface area contributed by atoms with Crippen LogP contribution >= 0.6 is 0 Å². The topological polar surface area (TPSA) is 107 Å². The van der Waals surface area contributed by atoms with E-state index in [1.165, 1.54) is 6.33 Å². The summed E-state index contributed by atoms with van der Waals surface area (Å²) in [6.45, 7) is 0.0623. The molecule has 0 fully saturated rings. The zero-order chi connectivity index (χ0) is 13.5. The predicted molar refractivity (Wildman–Crippen MR) is 65.6 cm³/mol. The van der Waals surface area contributed by atoms with Gasteiger partial charge in [-0.1, -0.05) is 0 Å². The van der Waals surface area contributed by atoms with Gasteiger partial charge < -0.3 is 15.3 Å². The van der Waals surface area contributed by atoms with Crippen LogP contribution in [0.2, 0.25) is 0 Å². The number of carbonyl (C=O) groups excluding carboxylic acids is 1. The molecule has 0 aromatic carbocycles. The molecule has 0 aliphatic rings. The van der Waals surface area contributed by atoms with Gasteiger partial charge in [0.05, 0.1) is 6.42 Å². The van der Waals surface area contributed by atoms with Crippen LogP contribution < -0.4 is 15.5 Å². The summed E-state index contributed by atoms with van der Waals surface area (Å²) >= 11 is 0. The highest BCUT2D eigenvalue weighted by Gasteiger charge is 2.05. The molecule has 18 heavy (non-hydrogen) atoms. The van der Waals surface area contributed by atoms with E-state index in [1.54, 1.807) is 11.0 Å². The molecular weight excluding hydrogens is 238 g/mol. The molecule has 0 saturated carbocycles. The lowest BCUT2D eigenvalue weighted by atomic mass is 10.4. The fourth-order valence-electron chi connectivity index (χ4n) is 1.10. The number of nitrogens with one attached hydrogen (secondary N) is 2. The fourth-order valence-corrected chi connectivity index (χ4v) is 1.10. The van der Waals surface area contributed by atoms with Crippen LogP contribution in [0, 0.1) is 0 Å². The van der Waals surface area contributed by atoms with E-state index in [2.05, 4.69) is 20.6 Å². The lowest BCUT2D eigenvalue weighted by Gasteiger charge is -2.12. The van der Waals surface area contributed by atoms with Gasteiger partial charge in [-0.2, -0.15) is 0 Å². The van der Waals surface area contributed by atoms with Gasteiger partial charge in [0.2, 0.25) is 0 Å². The minimum Gasteiger partial charge on any atom is -0.481 e. The van der Waals surface area contributed by atoms with Crippen LogP contribution in [0.25, 0.3) is 0 Å². The summed E-state index contributed by atoms with van der Waals surface area (Å²) in [6, 6.07) is 1.11. The SMILES string of the molecule is CN(C)c1cc(NC(=O)NCCC(=O)O)ncn1. The Morgan fingerprint density at radius 3 is 2.72 bits per heavy atom. The number of amides is 2. The number of urea groups is 1. The summed E-state index contributed by atoms with van der Waals surface area (Å²) in [6.07, 6.45) is 1.21. The Kier molecular flexibility index (Phi) is 4.85. The van der Waals surface area contributed by atoms with Crippen molar-refractivity contribution < 1.29 is 14.7 Å². The molecule has 1 aromatic heterocycles. The molecule has 1 aromatic rings. The molecule has 3 N–H and O–H groups in total. The minimum atomic E-state index is -0.966. The van der Waals surface area contributed by atoms with E-state index in [0.717, 1.165) is 0 Å². The summed E-state index contributed by atoms with van der Waals surface area (Å²) in [5, 5.41) is 13.3. The molecule has 1 heterocycles. The molecule has 0 aliphatic carbocycles. The number of carboxylic acids is 1. The molecule has 0 aliphatic heterocycles. The van der Waals surface area contributed by atoms with E-state index >= 15 is 0 Å². The Labute approximate surface area is 104 Å². The third-order valence-electron chi connectivity index (χ3n) is 1.98. The Morgan fingerprint density at radius 1 is 1.39 bits per heavy atom. The fraction of sp³-hybridized carbons (Fsp3) is 0.400. The molecule has 8 heteroatoms. The number of hydrogen-bond donors (Lipinski definition) is 3. The van der Waals surface area contributed by atoms with Crippen molar-refractivity contribution in [1.82, 2.24) is 15.3 Å². The van der Waals surface area contributed by atoms with Gasteiger partial charge in [-0.15, -0.1) is 0 Å². The molecule has 0 unspecified atom stereocenters. The van der Waals surface area contributed by atoms with E-state index in [0.29, 0.717) is 11.6 Å². The first-order valence-electron chi connectivity index (χ1n) is 5.25.